The number of benzene rings is 8. The normalized spacial score (nSPS) is 11.6. The average Bonchev–Trinajstić information content (AvgIpc) is 3.47. The maximum atomic E-state index is 2.41. The van der Waals surface area contributed by atoms with Crippen LogP contribution in [-0.4, -0.2) is 4.57 Å². The Morgan fingerprint density at radius 1 is 0.319 bits per heavy atom. The van der Waals surface area contributed by atoms with E-state index in [0.717, 1.165) is 6.54 Å². The Labute approximate surface area is 275 Å². The number of hydrogen-bond donors (Lipinski definition) is 0. The summed E-state index contributed by atoms with van der Waals surface area (Å²) in [5, 5.41) is 7.76. The van der Waals surface area contributed by atoms with Crippen LogP contribution in [0.15, 0.2) is 170 Å². The Bertz CT molecular complexity index is 2510. The zero-order chi connectivity index (χ0) is 31.3. The monoisotopic (exact) mass is 599 g/mol. The third-order valence-electron chi connectivity index (χ3n) is 9.81. The number of fused-ring (bicyclic) bond motifs is 5. The lowest BCUT2D eigenvalue weighted by Crippen LogP contribution is -1.92. The first-order chi connectivity index (χ1) is 23.3. The molecule has 1 nitrogen and oxygen atoms in total. The van der Waals surface area contributed by atoms with E-state index in [-0.39, 0.29) is 0 Å². The van der Waals surface area contributed by atoms with Crippen molar-refractivity contribution in [3.05, 3.63) is 170 Å². The number of para-hydroxylation sites is 1. The molecule has 0 bridgehead atoms. The maximum absolute atomic E-state index is 2.41. The maximum Gasteiger partial charge on any atom is 0.0491 e. The molecule has 9 rings (SSSR count). The molecular formula is C46H33N. The largest absolute Gasteiger partial charge is 0.341 e. The summed E-state index contributed by atoms with van der Waals surface area (Å²) in [7, 11) is 0. The molecule has 1 heteroatoms. The van der Waals surface area contributed by atoms with Crippen molar-refractivity contribution in [2.75, 3.05) is 0 Å². The summed E-state index contributed by atoms with van der Waals surface area (Å²) >= 11 is 0. The van der Waals surface area contributed by atoms with Gasteiger partial charge in [-0.25, -0.2) is 0 Å². The van der Waals surface area contributed by atoms with E-state index >= 15 is 0 Å². The number of aromatic nitrogens is 1. The highest BCUT2D eigenvalue weighted by Crippen LogP contribution is 2.44. The van der Waals surface area contributed by atoms with Crippen LogP contribution in [-0.2, 0) is 6.54 Å². The second-order valence-electron chi connectivity index (χ2n) is 12.4. The molecule has 0 saturated carbocycles. The van der Waals surface area contributed by atoms with Crippen molar-refractivity contribution >= 4 is 43.4 Å². The number of hydrogen-bond acceptors (Lipinski definition) is 0. The number of nitrogens with zero attached hydrogens (tertiary/aromatic N) is 1. The molecule has 0 saturated heterocycles. The smallest absolute Gasteiger partial charge is 0.0491 e. The van der Waals surface area contributed by atoms with E-state index in [2.05, 4.69) is 181 Å². The van der Waals surface area contributed by atoms with Gasteiger partial charge >= 0.3 is 0 Å². The molecule has 0 amide bonds. The van der Waals surface area contributed by atoms with Gasteiger partial charge in [0.25, 0.3) is 0 Å². The second-order valence-corrected chi connectivity index (χ2v) is 12.4. The first-order valence-electron chi connectivity index (χ1n) is 16.5. The van der Waals surface area contributed by atoms with Crippen LogP contribution < -0.4 is 0 Å². The SMILES string of the molecule is CCn1c2ccccc2c2cc(-c3ccc(-c4ccc(-c5c6ccccc6c(-c6ccccc6)c6ccccc56)cc4)cc3)ccc21. The van der Waals surface area contributed by atoms with Crippen LogP contribution in [0.4, 0.5) is 0 Å². The van der Waals surface area contributed by atoms with Gasteiger partial charge < -0.3 is 4.57 Å². The Balaban J connectivity index is 1.09. The van der Waals surface area contributed by atoms with Crippen LogP contribution in [0.1, 0.15) is 6.92 Å². The summed E-state index contributed by atoms with van der Waals surface area (Å²) in [5.41, 5.74) is 12.6. The van der Waals surface area contributed by atoms with Gasteiger partial charge in [0.15, 0.2) is 0 Å². The first kappa shape index (κ1) is 27.4. The molecule has 8 aromatic carbocycles. The lowest BCUT2D eigenvalue weighted by molar-refractivity contribution is 0.827. The van der Waals surface area contributed by atoms with Gasteiger partial charge in [-0.15, -0.1) is 0 Å². The summed E-state index contributed by atoms with van der Waals surface area (Å²) in [6.45, 7) is 3.18. The van der Waals surface area contributed by atoms with E-state index in [1.165, 1.54) is 87.9 Å². The van der Waals surface area contributed by atoms with E-state index in [9.17, 15) is 0 Å². The van der Waals surface area contributed by atoms with Gasteiger partial charge in [-0.05, 0) is 91.2 Å². The zero-order valence-electron chi connectivity index (χ0n) is 26.3. The predicted octanol–water partition coefficient (Wildman–Crippen LogP) is 12.8. The molecule has 0 aliphatic rings. The van der Waals surface area contributed by atoms with Crippen molar-refractivity contribution in [3.8, 4) is 44.5 Å². The molecule has 0 aliphatic heterocycles. The summed E-state index contributed by atoms with van der Waals surface area (Å²) in [6.07, 6.45) is 0. The fraction of sp³-hybridized carbons (Fsp3) is 0.0435. The molecule has 0 radical (unpaired) electrons. The summed E-state index contributed by atoms with van der Waals surface area (Å²) in [5.74, 6) is 0. The van der Waals surface area contributed by atoms with E-state index in [4.69, 9.17) is 0 Å². The minimum Gasteiger partial charge on any atom is -0.341 e. The fourth-order valence-corrected chi connectivity index (χ4v) is 7.61. The van der Waals surface area contributed by atoms with E-state index in [1.54, 1.807) is 0 Å². The minimum absolute atomic E-state index is 0.961. The van der Waals surface area contributed by atoms with Crippen molar-refractivity contribution in [3.63, 3.8) is 0 Å². The summed E-state index contributed by atoms with van der Waals surface area (Å²) in [6, 6.07) is 62.2. The van der Waals surface area contributed by atoms with Crippen LogP contribution in [0.25, 0.3) is 87.9 Å². The van der Waals surface area contributed by atoms with Crippen molar-refractivity contribution in [1.82, 2.24) is 4.57 Å². The van der Waals surface area contributed by atoms with Crippen LogP contribution in [0.3, 0.4) is 0 Å². The number of aryl methyl sites for hydroxylation is 1. The molecule has 0 atom stereocenters. The first-order valence-corrected chi connectivity index (χ1v) is 16.5. The summed E-state index contributed by atoms with van der Waals surface area (Å²) < 4.78 is 2.41. The molecule has 0 spiro atoms. The van der Waals surface area contributed by atoms with Gasteiger partial charge in [-0.3, -0.25) is 0 Å². The van der Waals surface area contributed by atoms with E-state index in [1.807, 2.05) is 0 Å². The molecule has 1 aromatic heterocycles. The van der Waals surface area contributed by atoms with E-state index < -0.39 is 0 Å². The lowest BCUT2D eigenvalue weighted by atomic mass is 9.86. The van der Waals surface area contributed by atoms with Crippen molar-refractivity contribution < 1.29 is 0 Å². The molecular weight excluding hydrogens is 567 g/mol. The van der Waals surface area contributed by atoms with Gasteiger partial charge in [-0.2, -0.15) is 0 Å². The molecule has 9 aromatic rings. The quantitative estimate of drug-likeness (QED) is 0.173. The Morgan fingerprint density at radius 2 is 0.702 bits per heavy atom. The van der Waals surface area contributed by atoms with Gasteiger partial charge in [0.2, 0.25) is 0 Å². The molecule has 0 unspecified atom stereocenters. The van der Waals surface area contributed by atoms with Gasteiger partial charge in [0, 0.05) is 28.4 Å². The van der Waals surface area contributed by atoms with Gasteiger partial charge in [0.1, 0.15) is 0 Å². The molecule has 222 valence electrons. The van der Waals surface area contributed by atoms with Crippen molar-refractivity contribution in [2.24, 2.45) is 0 Å². The lowest BCUT2D eigenvalue weighted by Gasteiger charge is -2.18. The number of rotatable bonds is 5. The molecule has 1 heterocycles. The molecule has 0 aliphatic carbocycles. The highest BCUT2D eigenvalue weighted by Gasteiger charge is 2.16. The highest BCUT2D eigenvalue weighted by molar-refractivity contribution is 6.21. The van der Waals surface area contributed by atoms with Gasteiger partial charge in [0.05, 0.1) is 0 Å². The van der Waals surface area contributed by atoms with Crippen molar-refractivity contribution in [1.29, 1.82) is 0 Å². The predicted molar refractivity (Wildman–Crippen MR) is 202 cm³/mol. The zero-order valence-corrected chi connectivity index (χ0v) is 26.3. The molecule has 0 fully saturated rings. The standard InChI is InChI=1S/C46H33N/c1-2-47-43-19-11-10-14-37(43)42-30-36(28-29-44(42)47)33-22-20-31(21-23-33)32-24-26-35(27-25-32)46-40-17-8-6-15-38(40)45(34-12-4-3-5-13-34)39-16-7-9-18-41(39)46/h3-30H,2H2,1H3. The summed E-state index contributed by atoms with van der Waals surface area (Å²) in [4.78, 5) is 0. The topological polar surface area (TPSA) is 4.93 Å². The Hall–Kier alpha value is -5.92. The average molecular weight is 600 g/mol. The Kier molecular flexibility index (Phi) is 6.50. The van der Waals surface area contributed by atoms with Gasteiger partial charge in [-0.1, -0.05) is 152 Å². The van der Waals surface area contributed by atoms with E-state index in [0.29, 0.717) is 0 Å². The van der Waals surface area contributed by atoms with Crippen LogP contribution >= 0.6 is 0 Å². The minimum atomic E-state index is 0.961. The fourth-order valence-electron chi connectivity index (χ4n) is 7.61. The third-order valence-corrected chi connectivity index (χ3v) is 9.81. The van der Waals surface area contributed by atoms with Crippen LogP contribution in [0, 0.1) is 0 Å². The molecule has 0 N–H and O–H groups in total. The highest BCUT2D eigenvalue weighted by atomic mass is 15.0. The Morgan fingerprint density at radius 3 is 1.23 bits per heavy atom. The third kappa shape index (κ3) is 4.47. The second kappa shape index (κ2) is 11.2. The van der Waals surface area contributed by atoms with Crippen LogP contribution in [0.5, 0.6) is 0 Å². The van der Waals surface area contributed by atoms with Crippen LogP contribution in [0.2, 0.25) is 0 Å². The van der Waals surface area contributed by atoms with Crippen molar-refractivity contribution in [2.45, 2.75) is 13.5 Å². The molecule has 47 heavy (non-hydrogen) atoms.